The second kappa shape index (κ2) is 7.98. The fourth-order valence-corrected chi connectivity index (χ4v) is 1.54. The van der Waals surface area contributed by atoms with Gasteiger partial charge in [0.2, 0.25) is 0 Å². The van der Waals surface area contributed by atoms with Gasteiger partial charge in [-0.1, -0.05) is 0 Å². The van der Waals surface area contributed by atoms with Crippen LogP contribution in [-0.4, -0.2) is 48.1 Å². The summed E-state index contributed by atoms with van der Waals surface area (Å²) in [5.74, 6) is -2.49. The van der Waals surface area contributed by atoms with Gasteiger partial charge in [-0.2, -0.15) is 4.89 Å². The van der Waals surface area contributed by atoms with E-state index in [1.54, 1.807) is 7.05 Å². The van der Waals surface area contributed by atoms with Crippen LogP contribution in [-0.2, 0) is 20.9 Å². The molecule has 1 aromatic rings. The van der Waals surface area contributed by atoms with E-state index < -0.39 is 18.5 Å². The second-order valence-corrected chi connectivity index (χ2v) is 4.09. The van der Waals surface area contributed by atoms with E-state index in [2.05, 4.69) is 10.2 Å². The Bertz CT molecular complexity index is 541. The molecule has 0 spiro atoms. The highest BCUT2D eigenvalue weighted by Gasteiger charge is 2.14. The van der Waals surface area contributed by atoms with Gasteiger partial charge in [-0.25, -0.2) is 4.79 Å². The van der Waals surface area contributed by atoms with Crippen molar-refractivity contribution in [2.24, 2.45) is 0 Å². The number of benzene rings is 1. The molecule has 0 aliphatic carbocycles. The maximum absolute atomic E-state index is 11.7. The van der Waals surface area contributed by atoms with Crippen LogP contribution in [0.3, 0.4) is 0 Å². The van der Waals surface area contributed by atoms with Crippen molar-refractivity contribution in [1.82, 2.24) is 5.32 Å². The Kier molecular flexibility index (Phi) is 6.31. The number of carboxylic acids is 2. The molecule has 0 amide bonds. The number of carbonyl (C=O) groups is 3. The minimum atomic E-state index is -1.23. The van der Waals surface area contributed by atoms with E-state index in [0.29, 0.717) is 5.56 Å². The van der Waals surface area contributed by atoms with Crippen molar-refractivity contribution in [3.8, 4) is 5.75 Å². The highest BCUT2D eigenvalue weighted by atomic mass is 17.2. The van der Waals surface area contributed by atoms with E-state index in [1.165, 1.54) is 18.2 Å². The van der Waals surface area contributed by atoms with Crippen LogP contribution >= 0.6 is 0 Å². The van der Waals surface area contributed by atoms with E-state index >= 15 is 0 Å². The molecule has 0 bridgehead atoms. The van der Waals surface area contributed by atoms with E-state index in [1.807, 2.05) is 0 Å². The molecular weight excluding hydrogens is 282 g/mol. The van der Waals surface area contributed by atoms with Gasteiger partial charge in [0.1, 0.15) is 0 Å². The van der Waals surface area contributed by atoms with Crippen molar-refractivity contribution in [3.63, 3.8) is 0 Å². The summed E-state index contributed by atoms with van der Waals surface area (Å²) in [6, 6.07) is 4.20. The Morgan fingerprint density at radius 1 is 1.19 bits per heavy atom. The summed E-state index contributed by atoms with van der Waals surface area (Å²) < 4.78 is 0. The number of carboxylic acid groups (broad SMARTS) is 2. The molecule has 0 heterocycles. The Labute approximate surface area is 120 Å². The number of carbonyl (C=O) groups excluding carboxylic acids is 1. The fraction of sp³-hybridized carbons (Fsp3) is 0.308. The van der Waals surface area contributed by atoms with Crippen molar-refractivity contribution in [3.05, 3.63) is 29.3 Å². The van der Waals surface area contributed by atoms with Gasteiger partial charge < -0.3 is 20.4 Å². The first-order chi connectivity index (χ1) is 9.93. The second-order valence-electron chi connectivity index (χ2n) is 4.09. The number of rotatable bonds is 9. The first-order valence-corrected chi connectivity index (χ1v) is 5.97. The van der Waals surface area contributed by atoms with Crippen LogP contribution in [0.5, 0.6) is 5.75 Å². The SMILES string of the molecule is CNCC(=O)c1ccc(OOCC(=O)O)c(CC(=O)O)c1. The number of nitrogens with one attached hydrogen (secondary N) is 1. The third-order valence-corrected chi connectivity index (χ3v) is 2.39. The number of likely N-dealkylation sites (N-methyl/N-ethyl adjacent to an activating group) is 1. The molecule has 0 aromatic heterocycles. The van der Waals surface area contributed by atoms with Gasteiger partial charge in [-0.15, -0.1) is 0 Å². The molecule has 0 aliphatic rings. The van der Waals surface area contributed by atoms with Gasteiger partial charge in [-0.05, 0) is 25.2 Å². The van der Waals surface area contributed by atoms with Crippen LogP contribution in [0.25, 0.3) is 0 Å². The van der Waals surface area contributed by atoms with Crippen molar-refractivity contribution >= 4 is 17.7 Å². The van der Waals surface area contributed by atoms with Crippen LogP contribution in [0.2, 0.25) is 0 Å². The summed E-state index contributed by atoms with van der Waals surface area (Å²) >= 11 is 0. The monoisotopic (exact) mass is 297 g/mol. The Hall–Kier alpha value is -2.45. The molecule has 21 heavy (non-hydrogen) atoms. The molecule has 1 rings (SSSR count). The third kappa shape index (κ3) is 5.59. The van der Waals surface area contributed by atoms with E-state index in [9.17, 15) is 14.4 Å². The minimum Gasteiger partial charge on any atom is -0.481 e. The number of Topliss-reactive ketones (excluding diaryl/α,β-unsaturated/α-hetero) is 1. The maximum Gasteiger partial charge on any atom is 0.334 e. The lowest BCUT2D eigenvalue weighted by Crippen LogP contribution is -2.19. The number of aliphatic carboxylic acids is 2. The molecule has 114 valence electrons. The summed E-state index contributed by atoms with van der Waals surface area (Å²) in [5.41, 5.74) is 0.543. The third-order valence-electron chi connectivity index (χ3n) is 2.39. The Morgan fingerprint density at radius 3 is 2.48 bits per heavy atom. The molecular formula is C13H15NO7. The highest BCUT2D eigenvalue weighted by Crippen LogP contribution is 2.21. The number of hydrogen-bond acceptors (Lipinski definition) is 6. The zero-order chi connectivity index (χ0) is 15.8. The van der Waals surface area contributed by atoms with Crippen LogP contribution < -0.4 is 10.2 Å². The van der Waals surface area contributed by atoms with Crippen LogP contribution in [0.15, 0.2) is 18.2 Å². The first-order valence-electron chi connectivity index (χ1n) is 5.97. The van der Waals surface area contributed by atoms with Gasteiger partial charge in [0.15, 0.2) is 18.1 Å². The molecule has 0 saturated carbocycles. The van der Waals surface area contributed by atoms with Gasteiger partial charge in [0, 0.05) is 11.1 Å². The summed E-state index contributed by atoms with van der Waals surface area (Å²) in [7, 11) is 1.62. The minimum absolute atomic E-state index is 0.0552. The van der Waals surface area contributed by atoms with E-state index in [4.69, 9.17) is 15.1 Å². The summed E-state index contributed by atoms with van der Waals surface area (Å²) in [5, 5.41) is 20.0. The average Bonchev–Trinajstić information content (AvgIpc) is 2.39. The molecule has 8 nitrogen and oxygen atoms in total. The van der Waals surface area contributed by atoms with Crippen molar-refractivity contribution in [2.45, 2.75) is 6.42 Å². The van der Waals surface area contributed by atoms with Crippen molar-refractivity contribution in [2.75, 3.05) is 20.2 Å². The van der Waals surface area contributed by atoms with Crippen molar-refractivity contribution in [1.29, 1.82) is 0 Å². The van der Waals surface area contributed by atoms with Gasteiger partial charge in [0.05, 0.1) is 13.0 Å². The lowest BCUT2D eigenvalue weighted by atomic mass is 10.0. The molecule has 0 radical (unpaired) electrons. The Balaban J connectivity index is 2.93. The largest absolute Gasteiger partial charge is 0.481 e. The molecule has 0 atom stereocenters. The molecule has 0 unspecified atom stereocenters. The Morgan fingerprint density at radius 2 is 1.90 bits per heavy atom. The van der Waals surface area contributed by atoms with Crippen molar-refractivity contribution < 1.29 is 34.4 Å². The average molecular weight is 297 g/mol. The van der Waals surface area contributed by atoms with Gasteiger partial charge in [0.25, 0.3) is 0 Å². The highest BCUT2D eigenvalue weighted by molar-refractivity contribution is 5.98. The quantitative estimate of drug-likeness (QED) is 0.333. The standard InChI is InChI=1S/C13H15NO7/c1-14-6-10(15)8-2-3-11(21-20-7-13(18)19)9(4-8)5-12(16)17/h2-4,14H,5-7H2,1H3,(H,16,17)(H,18,19). The van der Waals surface area contributed by atoms with Crippen LogP contribution in [0.1, 0.15) is 15.9 Å². The fourth-order valence-electron chi connectivity index (χ4n) is 1.54. The summed E-state index contributed by atoms with van der Waals surface area (Å²) in [6.07, 6.45) is -0.383. The predicted octanol–water partition coefficient (Wildman–Crippen LogP) is 0.111. The normalized spacial score (nSPS) is 10.1. The summed E-state index contributed by atoms with van der Waals surface area (Å²) in [6.45, 7) is -0.574. The maximum atomic E-state index is 11.7. The number of ketones is 1. The topological polar surface area (TPSA) is 122 Å². The molecule has 0 aliphatic heterocycles. The first kappa shape index (κ1) is 16.6. The zero-order valence-electron chi connectivity index (χ0n) is 11.3. The number of hydrogen-bond donors (Lipinski definition) is 3. The molecule has 0 fully saturated rings. The summed E-state index contributed by atoms with van der Waals surface area (Å²) in [4.78, 5) is 42.1. The molecule has 0 saturated heterocycles. The lowest BCUT2D eigenvalue weighted by Gasteiger charge is -2.10. The van der Waals surface area contributed by atoms with Crippen LogP contribution in [0, 0.1) is 0 Å². The van der Waals surface area contributed by atoms with E-state index in [-0.39, 0.29) is 30.1 Å². The lowest BCUT2D eigenvalue weighted by molar-refractivity contribution is -0.214. The molecule has 8 heteroatoms. The zero-order valence-corrected chi connectivity index (χ0v) is 11.3. The molecule has 1 aromatic carbocycles. The van der Waals surface area contributed by atoms with Gasteiger partial charge in [-0.3, -0.25) is 9.59 Å². The van der Waals surface area contributed by atoms with Crippen LogP contribution in [0.4, 0.5) is 0 Å². The smallest absolute Gasteiger partial charge is 0.334 e. The molecule has 3 N–H and O–H groups in total. The van der Waals surface area contributed by atoms with E-state index in [0.717, 1.165) is 0 Å². The predicted molar refractivity (Wildman–Crippen MR) is 70.3 cm³/mol. The van der Waals surface area contributed by atoms with Gasteiger partial charge >= 0.3 is 11.9 Å².